The van der Waals surface area contributed by atoms with Crippen LogP contribution in [0.5, 0.6) is 17.4 Å². The topological polar surface area (TPSA) is 93.2 Å². The molecule has 10 heteroatoms. The first-order chi connectivity index (χ1) is 14.8. The molecule has 1 fully saturated rings. The Balaban J connectivity index is 1.66. The molecule has 31 heavy (non-hydrogen) atoms. The summed E-state index contributed by atoms with van der Waals surface area (Å²) >= 11 is 6.17. The highest BCUT2D eigenvalue weighted by molar-refractivity contribution is 6.32. The van der Waals surface area contributed by atoms with E-state index < -0.39 is 0 Å². The van der Waals surface area contributed by atoms with Crippen LogP contribution in [0.4, 0.5) is 10.5 Å². The van der Waals surface area contributed by atoms with Crippen LogP contribution in [0.3, 0.4) is 0 Å². The zero-order valence-electron chi connectivity index (χ0n) is 17.8. The quantitative estimate of drug-likeness (QED) is 0.729. The molecule has 0 aliphatic carbocycles. The van der Waals surface area contributed by atoms with Crippen LogP contribution in [0, 0.1) is 0 Å². The Bertz CT molecular complexity index is 969. The van der Waals surface area contributed by atoms with Crippen LogP contribution in [-0.2, 0) is 0 Å². The number of hydrogen-bond acceptors (Lipinski definition) is 6. The number of methoxy groups -OCH3 is 2. The number of aromatic nitrogens is 1. The van der Waals surface area contributed by atoms with E-state index in [-0.39, 0.29) is 23.9 Å². The molecule has 0 radical (unpaired) electrons. The van der Waals surface area contributed by atoms with Crippen molar-refractivity contribution in [2.75, 3.05) is 46.7 Å². The van der Waals surface area contributed by atoms with Crippen molar-refractivity contribution in [3.63, 3.8) is 0 Å². The SMILES string of the molecule is COc1cc(OC)c(NC(=O)N2CCC(Oc3ncccc3C(=O)N(C)C)C2)cc1Cl. The molecule has 9 nitrogen and oxygen atoms in total. The number of urea groups is 1. The Morgan fingerprint density at radius 1 is 1.23 bits per heavy atom. The zero-order valence-corrected chi connectivity index (χ0v) is 18.6. The average molecular weight is 449 g/mol. The van der Waals surface area contributed by atoms with Gasteiger partial charge in [-0.25, -0.2) is 9.78 Å². The highest BCUT2D eigenvalue weighted by Crippen LogP contribution is 2.36. The van der Waals surface area contributed by atoms with Crippen LogP contribution >= 0.6 is 11.6 Å². The van der Waals surface area contributed by atoms with Crippen molar-refractivity contribution in [3.05, 3.63) is 41.0 Å². The Morgan fingerprint density at radius 2 is 1.97 bits per heavy atom. The first-order valence-corrected chi connectivity index (χ1v) is 10.0. The number of nitrogens with zero attached hydrogens (tertiary/aromatic N) is 3. The van der Waals surface area contributed by atoms with Gasteiger partial charge in [0.1, 0.15) is 23.2 Å². The molecule has 2 heterocycles. The van der Waals surface area contributed by atoms with Crippen molar-refractivity contribution < 1.29 is 23.8 Å². The smallest absolute Gasteiger partial charge is 0.322 e. The molecule has 1 aromatic heterocycles. The maximum absolute atomic E-state index is 12.8. The molecule has 3 amide bonds. The van der Waals surface area contributed by atoms with Gasteiger partial charge in [-0.3, -0.25) is 4.79 Å². The molecule has 3 rings (SSSR count). The lowest BCUT2D eigenvalue weighted by atomic mass is 10.2. The van der Waals surface area contributed by atoms with E-state index in [9.17, 15) is 9.59 Å². The fourth-order valence-electron chi connectivity index (χ4n) is 3.21. The summed E-state index contributed by atoms with van der Waals surface area (Å²) in [6.45, 7) is 0.844. The molecule has 1 aliphatic rings. The predicted molar refractivity (Wildman–Crippen MR) is 116 cm³/mol. The van der Waals surface area contributed by atoms with Gasteiger partial charge < -0.3 is 29.3 Å². The number of carbonyl (C=O) groups excluding carboxylic acids is 2. The summed E-state index contributed by atoms with van der Waals surface area (Å²) in [5.41, 5.74) is 0.819. The summed E-state index contributed by atoms with van der Waals surface area (Å²) < 4.78 is 16.5. The minimum atomic E-state index is -0.309. The van der Waals surface area contributed by atoms with Gasteiger partial charge in [0.25, 0.3) is 5.91 Å². The van der Waals surface area contributed by atoms with Crippen molar-refractivity contribution in [1.29, 1.82) is 0 Å². The Kier molecular flexibility index (Phi) is 7.06. The van der Waals surface area contributed by atoms with E-state index in [1.54, 1.807) is 49.5 Å². The normalized spacial score (nSPS) is 15.4. The molecule has 1 N–H and O–H groups in total. The molecule has 2 aromatic rings. The van der Waals surface area contributed by atoms with Gasteiger partial charge in [-0.05, 0) is 18.2 Å². The van der Waals surface area contributed by atoms with Crippen LogP contribution in [-0.4, -0.2) is 74.2 Å². The lowest BCUT2D eigenvalue weighted by Crippen LogP contribution is -2.34. The molecule has 1 aromatic carbocycles. The zero-order chi connectivity index (χ0) is 22.5. The van der Waals surface area contributed by atoms with Gasteiger partial charge in [0, 0.05) is 39.3 Å². The van der Waals surface area contributed by atoms with Crippen molar-refractivity contribution in [1.82, 2.24) is 14.8 Å². The number of nitrogens with one attached hydrogen (secondary N) is 1. The number of carbonyl (C=O) groups is 2. The standard InChI is InChI=1S/C21H25ClN4O5/c1-25(2)20(27)14-6-5-8-23-19(14)31-13-7-9-26(12-13)21(28)24-16-10-15(22)17(29-3)11-18(16)30-4/h5-6,8,10-11,13H,7,9,12H2,1-4H3,(H,24,28). The molecule has 0 saturated carbocycles. The van der Waals surface area contributed by atoms with E-state index in [2.05, 4.69) is 10.3 Å². The molecule has 1 aliphatic heterocycles. The highest BCUT2D eigenvalue weighted by atomic mass is 35.5. The van der Waals surface area contributed by atoms with E-state index in [1.807, 2.05) is 0 Å². The number of anilines is 1. The second kappa shape index (κ2) is 9.74. The third kappa shape index (κ3) is 5.11. The number of likely N-dealkylation sites (tertiary alicyclic amines) is 1. The fourth-order valence-corrected chi connectivity index (χ4v) is 3.45. The minimum Gasteiger partial charge on any atom is -0.495 e. The summed E-state index contributed by atoms with van der Waals surface area (Å²) in [7, 11) is 6.33. The second-order valence-corrected chi connectivity index (χ2v) is 7.55. The number of rotatable bonds is 6. The number of amides is 3. The maximum atomic E-state index is 12.8. The van der Waals surface area contributed by atoms with E-state index in [0.29, 0.717) is 47.3 Å². The van der Waals surface area contributed by atoms with E-state index in [0.717, 1.165) is 0 Å². The van der Waals surface area contributed by atoms with Crippen molar-refractivity contribution >= 4 is 29.2 Å². The molecule has 1 atom stereocenters. The molecule has 1 saturated heterocycles. The number of benzene rings is 1. The summed E-state index contributed by atoms with van der Waals surface area (Å²) in [6, 6.07) is 6.23. The van der Waals surface area contributed by atoms with E-state index in [1.165, 1.54) is 19.1 Å². The molecular weight excluding hydrogens is 424 g/mol. The van der Waals surface area contributed by atoms with Crippen molar-refractivity contribution in [2.24, 2.45) is 0 Å². The summed E-state index contributed by atoms with van der Waals surface area (Å²) in [5.74, 6) is 0.947. The van der Waals surface area contributed by atoms with Crippen molar-refractivity contribution in [2.45, 2.75) is 12.5 Å². The Morgan fingerprint density at radius 3 is 2.65 bits per heavy atom. The first-order valence-electron chi connectivity index (χ1n) is 9.64. The summed E-state index contributed by atoms with van der Waals surface area (Å²) in [6.07, 6.45) is 1.90. The second-order valence-electron chi connectivity index (χ2n) is 7.15. The number of hydrogen-bond donors (Lipinski definition) is 1. The Labute approximate surface area is 185 Å². The molecule has 0 bridgehead atoms. The van der Waals surface area contributed by atoms with Gasteiger partial charge in [0.05, 0.1) is 31.5 Å². The monoisotopic (exact) mass is 448 g/mol. The molecule has 0 spiro atoms. The van der Waals surface area contributed by atoms with Crippen LogP contribution in [0.1, 0.15) is 16.8 Å². The largest absolute Gasteiger partial charge is 0.495 e. The summed E-state index contributed by atoms with van der Waals surface area (Å²) in [5, 5.41) is 3.17. The first kappa shape index (κ1) is 22.5. The molecular formula is C21H25ClN4O5. The predicted octanol–water partition coefficient (Wildman–Crippen LogP) is 3.14. The molecule has 166 valence electrons. The van der Waals surface area contributed by atoms with Crippen LogP contribution < -0.4 is 19.5 Å². The lowest BCUT2D eigenvalue weighted by molar-refractivity contribution is 0.0818. The molecule has 1 unspecified atom stereocenters. The van der Waals surface area contributed by atoms with Gasteiger partial charge in [0.2, 0.25) is 5.88 Å². The summed E-state index contributed by atoms with van der Waals surface area (Å²) in [4.78, 5) is 32.4. The van der Waals surface area contributed by atoms with Crippen LogP contribution in [0.15, 0.2) is 30.5 Å². The number of pyridine rings is 1. The Hall–Kier alpha value is -3.20. The van der Waals surface area contributed by atoms with Gasteiger partial charge in [-0.1, -0.05) is 11.6 Å². The van der Waals surface area contributed by atoms with E-state index in [4.69, 9.17) is 25.8 Å². The number of ether oxygens (including phenoxy) is 3. The highest BCUT2D eigenvalue weighted by Gasteiger charge is 2.30. The van der Waals surface area contributed by atoms with Crippen LogP contribution in [0.2, 0.25) is 5.02 Å². The van der Waals surface area contributed by atoms with Crippen molar-refractivity contribution in [3.8, 4) is 17.4 Å². The van der Waals surface area contributed by atoms with Gasteiger partial charge >= 0.3 is 6.03 Å². The fraction of sp³-hybridized carbons (Fsp3) is 0.381. The van der Waals surface area contributed by atoms with Crippen LogP contribution in [0.25, 0.3) is 0 Å². The average Bonchev–Trinajstić information content (AvgIpc) is 3.22. The van der Waals surface area contributed by atoms with E-state index >= 15 is 0 Å². The van der Waals surface area contributed by atoms with Gasteiger partial charge in [0.15, 0.2) is 0 Å². The van der Waals surface area contributed by atoms with Gasteiger partial charge in [-0.15, -0.1) is 0 Å². The third-order valence-corrected chi connectivity index (χ3v) is 5.13. The third-order valence-electron chi connectivity index (χ3n) is 4.83. The number of halogens is 1. The maximum Gasteiger partial charge on any atom is 0.322 e. The minimum absolute atomic E-state index is 0.195. The lowest BCUT2D eigenvalue weighted by Gasteiger charge is -2.20. The van der Waals surface area contributed by atoms with Gasteiger partial charge in [-0.2, -0.15) is 0 Å².